The molecule has 3 unspecified atom stereocenters. The highest BCUT2D eigenvalue weighted by molar-refractivity contribution is 5.68. The van der Waals surface area contributed by atoms with Gasteiger partial charge in [0.2, 0.25) is 0 Å². The van der Waals surface area contributed by atoms with Crippen LogP contribution in [0, 0.1) is 17.8 Å². The van der Waals surface area contributed by atoms with E-state index < -0.39 is 17.7 Å². The zero-order valence-corrected chi connectivity index (χ0v) is 20.7. The lowest BCUT2D eigenvalue weighted by Crippen LogP contribution is -2.44. The molecule has 2 bridgehead atoms. The van der Waals surface area contributed by atoms with Crippen LogP contribution in [0.15, 0.2) is 18.2 Å². The van der Waals surface area contributed by atoms with Gasteiger partial charge in [-0.2, -0.15) is 13.2 Å². The van der Waals surface area contributed by atoms with E-state index in [4.69, 9.17) is 4.74 Å². The summed E-state index contributed by atoms with van der Waals surface area (Å²) >= 11 is 0. The summed E-state index contributed by atoms with van der Waals surface area (Å²) in [5.41, 5.74) is 3.59. The number of aryl methyl sites for hydroxylation is 1. The lowest BCUT2D eigenvalue weighted by molar-refractivity contribution is -0.185. The third-order valence-electron chi connectivity index (χ3n) is 7.83. The van der Waals surface area contributed by atoms with Gasteiger partial charge in [0.15, 0.2) is 0 Å². The van der Waals surface area contributed by atoms with E-state index in [0.717, 1.165) is 45.1 Å². The van der Waals surface area contributed by atoms with Gasteiger partial charge < -0.3 is 15.0 Å². The fourth-order valence-electron chi connectivity index (χ4n) is 6.09. The third kappa shape index (κ3) is 6.46. The molecule has 4 rings (SSSR count). The van der Waals surface area contributed by atoms with Crippen LogP contribution >= 0.6 is 0 Å². The minimum atomic E-state index is -4.05. The number of hydrogen-bond acceptors (Lipinski definition) is 3. The largest absolute Gasteiger partial charge is 0.444 e. The minimum Gasteiger partial charge on any atom is -0.444 e. The number of benzene rings is 1. The second-order valence-electron chi connectivity index (χ2n) is 11.5. The highest BCUT2D eigenvalue weighted by Gasteiger charge is 2.41. The van der Waals surface area contributed by atoms with Crippen LogP contribution in [0.2, 0.25) is 0 Å². The summed E-state index contributed by atoms with van der Waals surface area (Å²) in [4.78, 5) is 14.6. The number of rotatable bonds is 5. The Morgan fingerprint density at radius 2 is 1.68 bits per heavy atom. The Balaban J connectivity index is 1.29. The number of alkyl carbamates (subject to hydrolysis) is 1. The van der Waals surface area contributed by atoms with E-state index in [-0.39, 0.29) is 25.0 Å². The van der Waals surface area contributed by atoms with E-state index in [2.05, 4.69) is 28.4 Å². The number of likely N-dealkylation sites (tertiary alicyclic amines) is 1. The molecule has 34 heavy (non-hydrogen) atoms. The summed E-state index contributed by atoms with van der Waals surface area (Å²) in [6.07, 6.45) is 2.22. The van der Waals surface area contributed by atoms with Gasteiger partial charge in [-0.1, -0.05) is 18.2 Å². The standard InChI is InChI=1S/C27H39F3N2O2/c1-26(2,3)34-25(33)31-24-20-8-9-21(24)17-22-15-18(6-7-19(22)16-20)5-4-12-32-13-10-23(11-14-32)27(28,29)30/h6-7,15,20-21,23-24H,4-5,8-14,16-17H2,1-3H3,(H,31,33). The van der Waals surface area contributed by atoms with E-state index in [1.165, 1.54) is 16.7 Å². The van der Waals surface area contributed by atoms with Crippen LogP contribution in [0.5, 0.6) is 0 Å². The average molecular weight is 481 g/mol. The van der Waals surface area contributed by atoms with E-state index >= 15 is 0 Å². The first-order chi connectivity index (χ1) is 16.0. The van der Waals surface area contributed by atoms with E-state index in [0.29, 0.717) is 24.9 Å². The van der Waals surface area contributed by atoms with Gasteiger partial charge in [-0.25, -0.2) is 4.79 Å². The second kappa shape index (κ2) is 10.1. The number of amides is 1. The predicted molar refractivity (Wildman–Crippen MR) is 127 cm³/mol. The Labute approximate surface area is 201 Å². The van der Waals surface area contributed by atoms with Crippen molar-refractivity contribution >= 4 is 6.09 Å². The Morgan fingerprint density at radius 3 is 2.29 bits per heavy atom. The molecular formula is C27H39F3N2O2. The summed E-state index contributed by atoms with van der Waals surface area (Å²) < 4.78 is 44.1. The number of fused-ring (bicyclic) bond motifs is 3. The molecule has 3 aliphatic rings. The molecule has 1 aromatic rings. The molecule has 1 amide bonds. The molecular weight excluding hydrogens is 441 g/mol. The third-order valence-corrected chi connectivity index (χ3v) is 7.83. The maximum absolute atomic E-state index is 12.9. The number of nitrogens with one attached hydrogen (secondary N) is 1. The van der Waals surface area contributed by atoms with Crippen molar-refractivity contribution in [3.05, 3.63) is 34.9 Å². The average Bonchev–Trinajstić information content (AvgIpc) is 3.00. The number of carbonyl (C=O) groups is 1. The van der Waals surface area contributed by atoms with Crippen LogP contribution in [-0.2, 0) is 24.0 Å². The Kier molecular flexibility index (Phi) is 7.51. The molecule has 1 heterocycles. The molecule has 7 heteroatoms. The molecule has 0 aromatic heterocycles. The second-order valence-corrected chi connectivity index (χ2v) is 11.5. The smallest absolute Gasteiger partial charge is 0.407 e. The van der Waals surface area contributed by atoms with Crippen LogP contribution in [0.25, 0.3) is 0 Å². The zero-order valence-electron chi connectivity index (χ0n) is 20.7. The Hall–Kier alpha value is -1.76. The molecule has 4 nitrogen and oxygen atoms in total. The monoisotopic (exact) mass is 480 g/mol. The SMILES string of the molecule is CC(C)(C)OC(=O)NC1C2CCC1Cc1cc(CCCN3CCC(C(F)(F)F)CC3)ccc1C2. The van der Waals surface area contributed by atoms with Crippen molar-refractivity contribution in [2.75, 3.05) is 19.6 Å². The van der Waals surface area contributed by atoms with Crippen molar-refractivity contribution in [1.82, 2.24) is 10.2 Å². The molecule has 2 aliphatic carbocycles. The first-order valence-corrected chi connectivity index (χ1v) is 12.9. The number of halogens is 3. The minimum absolute atomic E-state index is 0.158. The van der Waals surface area contributed by atoms with Crippen LogP contribution in [0.1, 0.15) is 69.6 Å². The lowest BCUT2D eigenvalue weighted by Gasteiger charge is -2.32. The highest BCUT2D eigenvalue weighted by Crippen LogP contribution is 2.40. The normalized spacial score (nSPS) is 26.1. The van der Waals surface area contributed by atoms with Gasteiger partial charge in [0.25, 0.3) is 0 Å². The van der Waals surface area contributed by atoms with Crippen LogP contribution < -0.4 is 5.32 Å². The Morgan fingerprint density at radius 1 is 1.03 bits per heavy atom. The molecule has 0 radical (unpaired) electrons. The van der Waals surface area contributed by atoms with E-state index in [1.807, 2.05) is 20.8 Å². The van der Waals surface area contributed by atoms with Gasteiger partial charge in [0, 0.05) is 6.04 Å². The van der Waals surface area contributed by atoms with Crippen molar-refractivity contribution in [2.45, 2.75) is 90.0 Å². The zero-order chi connectivity index (χ0) is 24.5. The number of hydrogen-bond donors (Lipinski definition) is 1. The molecule has 190 valence electrons. The predicted octanol–water partition coefficient (Wildman–Crippen LogP) is 5.91. The van der Waals surface area contributed by atoms with Gasteiger partial charge in [-0.15, -0.1) is 0 Å². The number of ether oxygens (including phenoxy) is 1. The molecule has 3 atom stereocenters. The fourth-order valence-corrected chi connectivity index (χ4v) is 6.09. The lowest BCUT2D eigenvalue weighted by atomic mass is 9.91. The molecule has 2 fully saturated rings. The number of alkyl halides is 3. The molecule has 0 spiro atoms. The summed E-state index contributed by atoms with van der Waals surface area (Å²) in [6, 6.07) is 6.95. The quantitative estimate of drug-likeness (QED) is 0.570. The van der Waals surface area contributed by atoms with Crippen molar-refractivity contribution in [1.29, 1.82) is 0 Å². The Bertz CT molecular complexity index is 856. The van der Waals surface area contributed by atoms with E-state index in [9.17, 15) is 18.0 Å². The molecule has 1 saturated heterocycles. The summed E-state index contributed by atoms with van der Waals surface area (Å²) in [5.74, 6) is -0.245. The molecule has 1 aromatic carbocycles. The number of piperidine rings is 1. The number of nitrogens with zero attached hydrogens (tertiary/aromatic N) is 1. The topological polar surface area (TPSA) is 41.6 Å². The maximum atomic E-state index is 12.9. The van der Waals surface area contributed by atoms with Gasteiger partial charge in [0.1, 0.15) is 5.60 Å². The summed E-state index contributed by atoms with van der Waals surface area (Å²) in [7, 11) is 0. The van der Waals surface area contributed by atoms with Crippen LogP contribution in [-0.4, -0.2) is 48.4 Å². The van der Waals surface area contributed by atoms with Crippen molar-refractivity contribution in [2.24, 2.45) is 17.8 Å². The summed E-state index contributed by atoms with van der Waals surface area (Å²) in [6.45, 7) is 7.60. The van der Waals surface area contributed by atoms with Crippen LogP contribution in [0.3, 0.4) is 0 Å². The molecule has 1 N–H and O–H groups in total. The number of carbonyl (C=O) groups excluding carboxylic acids is 1. The van der Waals surface area contributed by atoms with Crippen molar-refractivity contribution < 1.29 is 22.7 Å². The van der Waals surface area contributed by atoms with Gasteiger partial charge in [-0.3, -0.25) is 0 Å². The first kappa shape index (κ1) is 25.3. The molecule has 1 saturated carbocycles. The van der Waals surface area contributed by atoms with Crippen molar-refractivity contribution in [3.63, 3.8) is 0 Å². The summed E-state index contributed by atoms with van der Waals surface area (Å²) in [5, 5.41) is 3.17. The highest BCUT2D eigenvalue weighted by atomic mass is 19.4. The van der Waals surface area contributed by atoms with Gasteiger partial charge in [0.05, 0.1) is 5.92 Å². The molecule has 1 aliphatic heterocycles. The maximum Gasteiger partial charge on any atom is 0.407 e. The first-order valence-electron chi connectivity index (χ1n) is 12.9. The van der Waals surface area contributed by atoms with Gasteiger partial charge >= 0.3 is 12.3 Å². The van der Waals surface area contributed by atoms with Crippen molar-refractivity contribution in [3.8, 4) is 0 Å². The van der Waals surface area contributed by atoms with Gasteiger partial charge in [-0.05, 0) is 120 Å². The van der Waals surface area contributed by atoms with Crippen LogP contribution in [0.4, 0.5) is 18.0 Å². The van der Waals surface area contributed by atoms with E-state index in [1.54, 1.807) is 0 Å². The fraction of sp³-hybridized carbons (Fsp3) is 0.741.